The maximum Gasteiger partial charge on any atom is -0.0237 e. The predicted octanol–water partition coefficient (Wildman–Crippen LogP) is 4.42. The van der Waals surface area contributed by atoms with Crippen LogP contribution in [0.1, 0.15) is 34.1 Å². The van der Waals surface area contributed by atoms with E-state index >= 15 is 0 Å². The van der Waals surface area contributed by atoms with Crippen molar-refractivity contribution in [1.82, 2.24) is 0 Å². The molecule has 0 N–H and O–H groups in total. The van der Waals surface area contributed by atoms with Crippen LogP contribution >= 0.6 is 0 Å². The Morgan fingerprint density at radius 3 is 2.08 bits per heavy atom. The maximum absolute atomic E-state index is 3.90. The van der Waals surface area contributed by atoms with Crippen LogP contribution in [0.15, 0.2) is 47.6 Å². The molecule has 0 fully saturated rings. The molecule has 0 bridgehead atoms. The van der Waals surface area contributed by atoms with Crippen molar-refractivity contribution in [3.8, 4) is 0 Å². The minimum atomic E-state index is 1.07. The molecule has 0 spiro atoms. The van der Waals surface area contributed by atoms with Crippen molar-refractivity contribution in [3.63, 3.8) is 0 Å². The van der Waals surface area contributed by atoms with Gasteiger partial charge >= 0.3 is 0 Å². The Balaban J connectivity index is 4.91. The fourth-order valence-electron chi connectivity index (χ4n) is 0.992. The molecule has 0 heteroatoms. The van der Waals surface area contributed by atoms with Crippen LogP contribution in [0.5, 0.6) is 0 Å². The first-order valence-electron chi connectivity index (χ1n) is 4.69. The Hall–Kier alpha value is -1.04. The van der Waals surface area contributed by atoms with E-state index in [0.29, 0.717) is 0 Å². The number of allylic oxidation sites excluding steroid dienone is 6. The normalized spacial score (nSPS) is 13.7. The van der Waals surface area contributed by atoms with Gasteiger partial charge in [-0.25, -0.2) is 0 Å². The summed E-state index contributed by atoms with van der Waals surface area (Å²) in [5.74, 6) is 0. The fraction of sp³-hybridized carbons (Fsp3) is 0.385. The molecule has 72 valence electrons. The highest BCUT2D eigenvalue weighted by Crippen LogP contribution is 2.15. The average Bonchev–Trinajstić information content (AvgIpc) is 2.11. The summed E-state index contributed by atoms with van der Waals surface area (Å²) in [5.41, 5.74) is 4.93. The average molecular weight is 176 g/mol. The SMILES string of the molecule is C=CC(=CC(C)=C(C)CC)C(=C)C. The lowest BCUT2D eigenvalue weighted by atomic mass is 10.0. The highest BCUT2D eigenvalue weighted by atomic mass is 14.0. The third-order valence-corrected chi connectivity index (χ3v) is 2.29. The van der Waals surface area contributed by atoms with Crippen LogP contribution in [-0.2, 0) is 0 Å². The molecule has 0 aromatic rings. The van der Waals surface area contributed by atoms with Gasteiger partial charge in [0.05, 0.1) is 0 Å². The molecule has 0 heterocycles. The Kier molecular flexibility index (Phi) is 5.13. The van der Waals surface area contributed by atoms with E-state index in [1.54, 1.807) is 0 Å². The van der Waals surface area contributed by atoms with Crippen molar-refractivity contribution in [3.05, 3.63) is 47.6 Å². The van der Waals surface area contributed by atoms with E-state index in [1.807, 2.05) is 13.0 Å². The lowest BCUT2D eigenvalue weighted by Gasteiger charge is -2.03. The van der Waals surface area contributed by atoms with Gasteiger partial charge < -0.3 is 0 Å². The van der Waals surface area contributed by atoms with Crippen molar-refractivity contribution in [2.24, 2.45) is 0 Å². The summed E-state index contributed by atoms with van der Waals surface area (Å²) in [4.78, 5) is 0. The van der Waals surface area contributed by atoms with Crippen molar-refractivity contribution >= 4 is 0 Å². The molecule has 0 aliphatic heterocycles. The van der Waals surface area contributed by atoms with Crippen molar-refractivity contribution in [1.29, 1.82) is 0 Å². The van der Waals surface area contributed by atoms with Gasteiger partial charge in [0.2, 0.25) is 0 Å². The van der Waals surface area contributed by atoms with Gasteiger partial charge in [-0.1, -0.05) is 49.0 Å². The summed E-state index contributed by atoms with van der Waals surface area (Å²) in [6, 6.07) is 0. The second-order valence-electron chi connectivity index (χ2n) is 3.40. The largest absolute Gasteiger partial charge is 0.0985 e. The van der Waals surface area contributed by atoms with Gasteiger partial charge in [0.25, 0.3) is 0 Å². The third kappa shape index (κ3) is 3.93. The summed E-state index contributed by atoms with van der Waals surface area (Å²) >= 11 is 0. The zero-order chi connectivity index (χ0) is 10.4. The van der Waals surface area contributed by atoms with Crippen LogP contribution < -0.4 is 0 Å². The predicted molar refractivity (Wildman–Crippen MR) is 61.8 cm³/mol. The highest BCUT2D eigenvalue weighted by Gasteiger charge is 1.95. The molecule has 0 aliphatic rings. The first-order chi connectivity index (χ1) is 6.02. The standard InChI is InChI=1S/C13H20/c1-7-11(5)12(6)9-13(8-2)10(3)4/h8-9H,2-3,7H2,1,4-6H3. The molecule has 0 saturated carbocycles. The fourth-order valence-corrected chi connectivity index (χ4v) is 0.992. The van der Waals surface area contributed by atoms with E-state index in [4.69, 9.17) is 0 Å². The lowest BCUT2D eigenvalue weighted by molar-refractivity contribution is 1.07. The molecule has 0 rings (SSSR count). The van der Waals surface area contributed by atoms with E-state index in [-0.39, 0.29) is 0 Å². The van der Waals surface area contributed by atoms with Crippen LogP contribution in [0.3, 0.4) is 0 Å². The number of hydrogen-bond acceptors (Lipinski definition) is 0. The third-order valence-electron chi connectivity index (χ3n) is 2.29. The minimum Gasteiger partial charge on any atom is -0.0985 e. The molecule has 0 unspecified atom stereocenters. The quantitative estimate of drug-likeness (QED) is 0.556. The zero-order valence-corrected chi connectivity index (χ0v) is 9.28. The number of rotatable bonds is 4. The van der Waals surface area contributed by atoms with Gasteiger partial charge in [0, 0.05) is 0 Å². The second kappa shape index (κ2) is 5.58. The molecule has 0 aromatic heterocycles. The van der Waals surface area contributed by atoms with Crippen LogP contribution in [0.25, 0.3) is 0 Å². The Labute approximate surface area is 82.4 Å². The smallest absolute Gasteiger partial charge is 0.0237 e. The van der Waals surface area contributed by atoms with E-state index in [2.05, 4.69) is 40.0 Å². The summed E-state index contributed by atoms with van der Waals surface area (Å²) in [6.45, 7) is 16.1. The first-order valence-corrected chi connectivity index (χ1v) is 4.69. The molecule has 0 nitrogen and oxygen atoms in total. The van der Waals surface area contributed by atoms with Crippen LogP contribution in [-0.4, -0.2) is 0 Å². The van der Waals surface area contributed by atoms with Crippen molar-refractivity contribution < 1.29 is 0 Å². The lowest BCUT2D eigenvalue weighted by Crippen LogP contribution is -1.83. The molecule has 0 aromatic carbocycles. The molecule has 0 atom stereocenters. The van der Waals surface area contributed by atoms with Gasteiger partial charge in [-0.15, -0.1) is 0 Å². The van der Waals surface area contributed by atoms with Gasteiger partial charge in [-0.3, -0.25) is 0 Å². The molecule has 0 radical (unpaired) electrons. The summed E-state index contributed by atoms with van der Waals surface area (Å²) in [5, 5.41) is 0. The Morgan fingerprint density at radius 1 is 1.23 bits per heavy atom. The molecule has 0 amide bonds. The monoisotopic (exact) mass is 176 g/mol. The van der Waals surface area contributed by atoms with E-state index in [1.165, 1.54) is 11.1 Å². The van der Waals surface area contributed by atoms with E-state index in [9.17, 15) is 0 Å². The summed E-state index contributed by atoms with van der Waals surface area (Å²) < 4.78 is 0. The molecule has 0 aliphatic carbocycles. The van der Waals surface area contributed by atoms with Crippen molar-refractivity contribution in [2.75, 3.05) is 0 Å². The molecular weight excluding hydrogens is 156 g/mol. The maximum atomic E-state index is 3.90. The first kappa shape index (κ1) is 12.0. The molecule has 0 saturated heterocycles. The van der Waals surface area contributed by atoms with Crippen LogP contribution in [0.4, 0.5) is 0 Å². The Morgan fingerprint density at radius 2 is 1.77 bits per heavy atom. The summed E-state index contributed by atoms with van der Waals surface area (Å²) in [6.07, 6.45) is 5.10. The molecule has 13 heavy (non-hydrogen) atoms. The number of hydrogen-bond donors (Lipinski definition) is 0. The Bertz CT molecular complexity index is 262. The van der Waals surface area contributed by atoms with Crippen LogP contribution in [0, 0.1) is 0 Å². The van der Waals surface area contributed by atoms with Gasteiger partial charge in [0.1, 0.15) is 0 Å². The highest BCUT2D eigenvalue weighted by molar-refractivity contribution is 5.41. The zero-order valence-electron chi connectivity index (χ0n) is 9.28. The topological polar surface area (TPSA) is 0 Å². The van der Waals surface area contributed by atoms with Gasteiger partial charge in [-0.05, 0) is 32.8 Å². The van der Waals surface area contributed by atoms with E-state index in [0.717, 1.165) is 17.6 Å². The molecular formula is C13H20. The van der Waals surface area contributed by atoms with Gasteiger partial charge in [0.15, 0.2) is 0 Å². The van der Waals surface area contributed by atoms with Crippen molar-refractivity contribution in [2.45, 2.75) is 34.1 Å². The van der Waals surface area contributed by atoms with E-state index < -0.39 is 0 Å². The van der Waals surface area contributed by atoms with Crippen LogP contribution in [0.2, 0.25) is 0 Å². The summed E-state index contributed by atoms with van der Waals surface area (Å²) in [7, 11) is 0. The second-order valence-corrected chi connectivity index (χ2v) is 3.40. The minimum absolute atomic E-state index is 1.07. The van der Waals surface area contributed by atoms with Gasteiger partial charge in [-0.2, -0.15) is 0 Å².